The molecule has 0 amide bonds. The topological polar surface area (TPSA) is 127 Å². The molecule has 6 N–H and O–H groups in total. The van der Waals surface area contributed by atoms with Gasteiger partial charge in [-0.3, -0.25) is 4.79 Å². The van der Waals surface area contributed by atoms with Gasteiger partial charge in [-0.15, -0.1) is 0 Å². The summed E-state index contributed by atoms with van der Waals surface area (Å²) < 4.78 is 0. The SMILES string of the molecule is C=C(C)C(=O)O.NCCCC[C@@H](N)C(=O)O. The van der Waals surface area contributed by atoms with E-state index in [1.54, 1.807) is 0 Å². The van der Waals surface area contributed by atoms with Crippen molar-refractivity contribution < 1.29 is 19.8 Å². The lowest BCUT2D eigenvalue weighted by Crippen LogP contribution is -2.29. The summed E-state index contributed by atoms with van der Waals surface area (Å²) in [6.07, 6.45) is 2.16. The first-order chi connectivity index (χ1) is 7.32. The number of rotatable bonds is 6. The van der Waals surface area contributed by atoms with Crippen molar-refractivity contribution in [1.82, 2.24) is 0 Å². The number of unbranched alkanes of at least 4 members (excludes halogenated alkanes) is 1. The molecule has 0 radical (unpaired) electrons. The third-order valence-electron chi connectivity index (χ3n) is 1.65. The molecule has 0 saturated heterocycles. The molecule has 16 heavy (non-hydrogen) atoms. The molecular weight excluding hydrogens is 212 g/mol. The summed E-state index contributed by atoms with van der Waals surface area (Å²) in [6.45, 7) is 5.21. The number of nitrogens with two attached hydrogens (primary N) is 2. The van der Waals surface area contributed by atoms with E-state index < -0.39 is 18.0 Å². The molecule has 0 rings (SSSR count). The highest BCUT2D eigenvalue weighted by Crippen LogP contribution is 1.96. The van der Waals surface area contributed by atoms with Crippen LogP contribution in [-0.2, 0) is 9.59 Å². The van der Waals surface area contributed by atoms with E-state index in [9.17, 15) is 9.59 Å². The number of carboxylic acid groups (broad SMARTS) is 2. The number of aliphatic carboxylic acids is 2. The predicted octanol–water partition coefficient (Wildman–Crippen LogP) is 0.174. The molecule has 0 saturated carbocycles. The Labute approximate surface area is 94.9 Å². The van der Waals surface area contributed by atoms with E-state index in [1.807, 2.05) is 0 Å². The Balaban J connectivity index is 0. The fourth-order valence-corrected chi connectivity index (χ4v) is 0.632. The molecule has 0 aromatic carbocycles. The van der Waals surface area contributed by atoms with Crippen molar-refractivity contribution in [3.05, 3.63) is 12.2 Å². The van der Waals surface area contributed by atoms with Gasteiger partial charge in [-0.05, 0) is 26.3 Å². The first-order valence-corrected chi connectivity index (χ1v) is 4.90. The molecule has 94 valence electrons. The minimum Gasteiger partial charge on any atom is -0.480 e. The monoisotopic (exact) mass is 232 g/mol. The highest BCUT2D eigenvalue weighted by molar-refractivity contribution is 5.84. The number of hydrogen-bond acceptors (Lipinski definition) is 4. The normalized spacial score (nSPS) is 10.9. The number of carbonyl (C=O) groups is 2. The Bertz CT molecular complexity index is 229. The minimum atomic E-state index is -0.935. The lowest BCUT2D eigenvalue weighted by Gasteiger charge is -2.03. The Morgan fingerprint density at radius 1 is 1.31 bits per heavy atom. The highest BCUT2D eigenvalue weighted by Gasteiger charge is 2.09. The summed E-state index contributed by atoms with van der Waals surface area (Å²) >= 11 is 0. The van der Waals surface area contributed by atoms with Gasteiger partial charge in [-0.2, -0.15) is 0 Å². The average molecular weight is 232 g/mol. The van der Waals surface area contributed by atoms with Crippen LogP contribution in [0.1, 0.15) is 26.2 Å². The molecule has 0 aromatic rings. The van der Waals surface area contributed by atoms with Gasteiger partial charge < -0.3 is 21.7 Å². The molecule has 0 bridgehead atoms. The molecule has 0 heterocycles. The van der Waals surface area contributed by atoms with Gasteiger partial charge in [-0.25, -0.2) is 4.79 Å². The Morgan fingerprint density at radius 3 is 2.00 bits per heavy atom. The smallest absolute Gasteiger partial charge is 0.330 e. The summed E-state index contributed by atoms with van der Waals surface area (Å²) in [7, 11) is 0. The second kappa shape index (κ2) is 10.1. The van der Waals surface area contributed by atoms with E-state index in [0.29, 0.717) is 13.0 Å². The summed E-state index contributed by atoms with van der Waals surface area (Å²) in [6, 6.07) is -0.716. The largest absolute Gasteiger partial charge is 0.480 e. The van der Waals surface area contributed by atoms with Gasteiger partial charge >= 0.3 is 11.9 Å². The number of hydrogen-bond donors (Lipinski definition) is 4. The maximum atomic E-state index is 10.1. The van der Waals surface area contributed by atoms with Gasteiger partial charge in [0, 0.05) is 5.57 Å². The summed E-state index contributed by atoms with van der Waals surface area (Å²) in [5.41, 5.74) is 10.6. The van der Waals surface area contributed by atoms with Gasteiger partial charge in [0.1, 0.15) is 6.04 Å². The van der Waals surface area contributed by atoms with Crippen LogP contribution >= 0.6 is 0 Å². The third kappa shape index (κ3) is 12.6. The van der Waals surface area contributed by atoms with E-state index in [1.165, 1.54) is 6.92 Å². The zero-order valence-electron chi connectivity index (χ0n) is 9.48. The molecule has 0 aromatic heterocycles. The van der Waals surface area contributed by atoms with Crippen molar-refractivity contribution in [2.45, 2.75) is 32.2 Å². The highest BCUT2D eigenvalue weighted by atomic mass is 16.4. The fourth-order valence-electron chi connectivity index (χ4n) is 0.632. The van der Waals surface area contributed by atoms with Crippen LogP contribution in [0.4, 0.5) is 0 Å². The molecule has 1 atom stereocenters. The minimum absolute atomic E-state index is 0.176. The second-order valence-electron chi connectivity index (χ2n) is 3.31. The van der Waals surface area contributed by atoms with Crippen molar-refractivity contribution in [3.63, 3.8) is 0 Å². The summed E-state index contributed by atoms with van der Waals surface area (Å²) in [5, 5.41) is 16.2. The first-order valence-electron chi connectivity index (χ1n) is 4.90. The third-order valence-corrected chi connectivity index (χ3v) is 1.65. The molecule has 6 heteroatoms. The maximum absolute atomic E-state index is 10.1. The Hall–Kier alpha value is -1.40. The molecule has 0 fully saturated rings. The van der Waals surface area contributed by atoms with E-state index in [-0.39, 0.29) is 5.57 Å². The van der Waals surface area contributed by atoms with Gasteiger partial charge in [0.2, 0.25) is 0 Å². The lowest BCUT2D eigenvalue weighted by atomic mass is 10.1. The Kier molecular flexibility index (Phi) is 10.8. The zero-order chi connectivity index (χ0) is 13.1. The van der Waals surface area contributed by atoms with Crippen molar-refractivity contribution >= 4 is 11.9 Å². The second-order valence-corrected chi connectivity index (χ2v) is 3.31. The van der Waals surface area contributed by atoms with Gasteiger partial charge in [0.15, 0.2) is 0 Å². The number of carboxylic acids is 2. The van der Waals surface area contributed by atoms with Crippen LogP contribution in [0.15, 0.2) is 12.2 Å². The molecule has 0 spiro atoms. The van der Waals surface area contributed by atoms with Crippen LogP contribution in [0, 0.1) is 0 Å². The van der Waals surface area contributed by atoms with Gasteiger partial charge in [-0.1, -0.05) is 13.0 Å². The van der Waals surface area contributed by atoms with Crippen molar-refractivity contribution in [2.24, 2.45) is 11.5 Å². The molecule has 0 aliphatic heterocycles. The molecular formula is C10H20N2O4. The van der Waals surface area contributed by atoms with Crippen LogP contribution in [0.2, 0.25) is 0 Å². The van der Waals surface area contributed by atoms with Crippen molar-refractivity contribution in [2.75, 3.05) is 6.54 Å². The summed E-state index contributed by atoms with van der Waals surface area (Å²) in [4.78, 5) is 19.7. The maximum Gasteiger partial charge on any atom is 0.330 e. The van der Waals surface area contributed by atoms with E-state index in [2.05, 4.69) is 6.58 Å². The standard InChI is InChI=1S/C6H14N2O2.C4H6O2/c7-4-2-1-3-5(8)6(9)10;1-3(2)4(5)6/h5H,1-4,7-8H2,(H,9,10);1H2,2H3,(H,5,6)/t5-;/m1./s1. The van der Waals surface area contributed by atoms with Gasteiger partial charge in [0.05, 0.1) is 0 Å². The van der Waals surface area contributed by atoms with E-state index >= 15 is 0 Å². The van der Waals surface area contributed by atoms with E-state index in [4.69, 9.17) is 21.7 Å². The zero-order valence-corrected chi connectivity index (χ0v) is 9.48. The first kappa shape index (κ1) is 17.0. The lowest BCUT2D eigenvalue weighted by molar-refractivity contribution is -0.138. The van der Waals surface area contributed by atoms with E-state index in [0.717, 1.165) is 12.8 Å². The average Bonchev–Trinajstić information content (AvgIpc) is 2.18. The van der Waals surface area contributed by atoms with Crippen LogP contribution < -0.4 is 11.5 Å². The fraction of sp³-hybridized carbons (Fsp3) is 0.600. The van der Waals surface area contributed by atoms with Gasteiger partial charge in [0.25, 0.3) is 0 Å². The van der Waals surface area contributed by atoms with Crippen LogP contribution in [0.25, 0.3) is 0 Å². The summed E-state index contributed by atoms with van der Waals surface area (Å²) in [5.74, 6) is -1.87. The van der Waals surface area contributed by atoms with Crippen molar-refractivity contribution in [1.29, 1.82) is 0 Å². The van der Waals surface area contributed by atoms with Crippen LogP contribution in [0.3, 0.4) is 0 Å². The molecule has 0 unspecified atom stereocenters. The Morgan fingerprint density at radius 2 is 1.75 bits per heavy atom. The molecule has 0 aliphatic rings. The molecule has 0 aliphatic carbocycles. The van der Waals surface area contributed by atoms with Crippen molar-refractivity contribution in [3.8, 4) is 0 Å². The van der Waals surface area contributed by atoms with Crippen LogP contribution in [0.5, 0.6) is 0 Å². The quantitative estimate of drug-likeness (QED) is 0.382. The predicted molar refractivity (Wildman–Crippen MR) is 61.0 cm³/mol. The molecule has 6 nitrogen and oxygen atoms in total. The van der Waals surface area contributed by atoms with Crippen LogP contribution in [-0.4, -0.2) is 34.7 Å².